The number of carbonyl (C=O) groups is 1. The van der Waals surface area contributed by atoms with Crippen LogP contribution < -0.4 is 0 Å². The van der Waals surface area contributed by atoms with Crippen LogP contribution >= 0.6 is 0 Å². The molecule has 3 heteroatoms. The average Bonchev–Trinajstić information content (AvgIpc) is 3.09. The highest BCUT2D eigenvalue weighted by Crippen LogP contribution is 2.43. The van der Waals surface area contributed by atoms with Gasteiger partial charge in [-0.25, -0.2) is 0 Å². The van der Waals surface area contributed by atoms with E-state index in [1.165, 1.54) is 22.3 Å². The van der Waals surface area contributed by atoms with E-state index in [-0.39, 0.29) is 5.78 Å². The highest BCUT2D eigenvalue weighted by molar-refractivity contribution is 6.08. The van der Waals surface area contributed by atoms with Crippen molar-refractivity contribution in [3.8, 4) is 0 Å². The van der Waals surface area contributed by atoms with Crippen LogP contribution in [0.25, 0.3) is 0 Å². The van der Waals surface area contributed by atoms with Crippen molar-refractivity contribution in [3.05, 3.63) is 106 Å². The maximum absolute atomic E-state index is 13.9. The third-order valence-electron chi connectivity index (χ3n) is 7.02. The normalized spacial score (nSPS) is 21.9. The number of rotatable bonds is 4. The molecule has 0 N–H and O–H groups in total. The van der Waals surface area contributed by atoms with Gasteiger partial charge in [0.1, 0.15) is 5.54 Å². The maximum Gasteiger partial charge on any atom is 0.188 e. The lowest BCUT2D eigenvalue weighted by Gasteiger charge is -2.45. The summed E-state index contributed by atoms with van der Waals surface area (Å²) in [5.74, 6) is 0.265. The predicted octanol–water partition coefficient (Wildman–Crippen LogP) is 4.76. The highest BCUT2D eigenvalue weighted by Gasteiger charge is 2.51. The van der Waals surface area contributed by atoms with E-state index in [0.29, 0.717) is 0 Å². The summed E-state index contributed by atoms with van der Waals surface area (Å²) in [6, 6.07) is 25.6. The summed E-state index contributed by atoms with van der Waals surface area (Å²) < 4.78 is 0. The van der Waals surface area contributed by atoms with Gasteiger partial charge in [-0.05, 0) is 30.5 Å². The monoisotopic (exact) mass is 410 g/mol. The van der Waals surface area contributed by atoms with Crippen LogP contribution in [-0.4, -0.2) is 41.8 Å². The lowest BCUT2D eigenvalue weighted by Crippen LogP contribution is -2.58. The first-order valence-corrected chi connectivity index (χ1v) is 11.3. The van der Waals surface area contributed by atoms with Gasteiger partial charge in [-0.1, -0.05) is 83.9 Å². The summed E-state index contributed by atoms with van der Waals surface area (Å²) in [6.07, 6.45) is 0.767. The fourth-order valence-electron chi connectivity index (χ4n) is 5.29. The average molecular weight is 411 g/mol. The number of hydrogen-bond acceptors (Lipinski definition) is 3. The summed E-state index contributed by atoms with van der Waals surface area (Å²) in [5, 5.41) is 0. The lowest BCUT2D eigenvalue weighted by molar-refractivity contribution is 0.0288. The lowest BCUT2D eigenvalue weighted by atomic mass is 9.82. The quantitative estimate of drug-likeness (QED) is 0.620. The molecule has 3 aromatic rings. The van der Waals surface area contributed by atoms with Gasteiger partial charge in [-0.15, -0.1) is 0 Å². The molecule has 1 atom stereocenters. The SMILES string of the molecule is Cc1ccc(CN2CCN(C3(c4cccc(C)c4)Cc4ccccc4C3=O)CC2)cc1. The van der Waals surface area contributed by atoms with Crippen molar-refractivity contribution >= 4 is 5.78 Å². The van der Waals surface area contributed by atoms with Crippen molar-refractivity contribution < 1.29 is 4.79 Å². The van der Waals surface area contributed by atoms with E-state index in [1.807, 2.05) is 12.1 Å². The van der Waals surface area contributed by atoms with Crippen molar-refractivity contribution in [2.75, 3.05) is 26.2 Å². The molecule has 0 bridgehead atoms. The number of ketones is 1. The molecule has 0 aromatic heterocycles. The molecule has 1 aliphatic heterocycles. The fraction of sp³-hybridized carbons (Fsp3) is 0.321. The number of piperazine rings is 1. The van der Waals surface area contributed by atoms with Gasteiger partial charge in [0.25, 0.3) is 0 Å². The fourth-order valence-corrected chi connectivity index (χ4v) is 5.29. The largest absolute Gasteiger partial charge is 0.297 e. The van der Waals surface area contributed by atoms with Gasteiger partial charge in [-0.3, -0.25) is 14.6 Å². The van der Waals surface area contributed by atoms with Crippen molar-refractivity contribution in [1.29, 1.82) is 0 Å². The minimum absolute atomic E-state index is 0.265. The Morgan fingerprint density at radius 1 is 0.806 bits per heavy atom. The molecule has 158 valence electrons. The first-order valence-electron chi connectivity index (χ1n) is 11.3. The number of aryl methyl sites for hydroxylation is 2. The first-order chi connectivity index (χ1) is 15.1. The van der Waals surface area contributed by atoms with E-state index in [0.717, 1.165) is 50.3 Å². The Morgan fingerprint density at radius 2 is 1.55 bits per heavy atom. The topological polar surface area (TPSA) is 23.6 Å². The summed E-state index contributed by atoms with van der Waals surface area (Å²) in [6.45, 7) is 8.97. The second-order valence-electron chi connectivity index (χ2n) is 9.14. The van der Waals surface area contributed by atoms with E-state index in [9.17, 15) is 4.79 Å². The number of nitrogens with zero attached hydrogens (tertiary/aromatic N) is 2. The molecule has 3 nitrogen and oxygen atoms in total. The molecule has 0 spiro atoms. The minimum atomic E-state index is -0.578. The Labute approximate surface area is 185 Å². The number of carbonyl (C=O) groups excluding carboxylic acids is 1. The van der Waals surface area contributed by atoms with Crippen molar-refractivity contribution in [2.24, 2.45) is 0 Å². The van der Waals surface area contributed by atoms with Crippen LogP contribution in [0.15, 0.2) is 72.8 Å². The van der Waals surface area contributed by atoms with E-state index in [2.05, 4.69) is 84.3 Å². The molecule has 0 radical (unpaired) electrons. The van der Waals surface area contributed by atoms with Crippen LogP contribution in [0.3, 0.4) is 0 Å². The molecule has 0 amide bonds. The molecule has 2 aliphatic rings. The van der Waals surface area contributed by atoms with E-state index in [1.54, 1.807) is 0 Å². The second kappa shape index (κ2) is 8.07. The maximum atomic E-state index is 13.9. The van der Waals surface area contributed by atoms with Gasteiger partial charge in [0.15, 0.2) is 5.78 Å². The summed E-state index contributed by atoms with van der Waals surface area (Å²) in [7, 11) is 0. The van der Waals surface area contributed by atoms with Crippen LogP contribution in [0.1, 0.15) is 38.2 Å². The Morgan fingerprint density at radius 3 is 2.26 bits per heavy atom. The molecule has 1 unspecified atom stereocenters. The molecule has 1 heterocycles. The van der Waals surface area contributed by atoms with E-state index in [4.69, 9.17) is 0 Å². The third kappa shape index (κ3) is 3.62. The molecule has 1 saturated heterocycles. The second-order valence-corrected chi connectivity index (χ2v) is 9.14. The van der Waals surface area contributed by atoms with Crippen molar-refractivity contribution in [2.45, 2.75) is 32.4 Å². The highest BCUT2D eigenvalue weighted by atomic mass is 16.1. The summed E-state index contributed by atoms with van der Waals surface area (Å²) in [5.41, 5.74) is 6.50. The molecular formula is C28H30N2O. The van der Waals surface area contributed by atoms with Crippen molar-refractivity contribution in [3.63, 3.8) is 0 Å². The van der Waals surface area contributed by atoms with E-state index < -0.39 is 5.54 Å². The predicted molar refractivity (Wildman–Crippen MR) is 125 cm³/mol. The van der Waals surface area contributed by atoms with Crippen LogP contribution in [0, 0.1) is 13.8 Å². The number of fused-ring (bicyclic) bond motifs is 1. The van der Waals surface area contributed by atoms with Crippen molar-refractivity contribution in [1.82, 2.24) is 9.80 Å². The molecule has 1 aliphatic carbocycles. The number of Topliss-reactive ketones (excluding diaryl/α,β-unsaturated/α-hetero) is 1. The molecule has 5 rings (SSSR count). The van der Waals surface area contributed by atoms with Crippen LogP contribution in [0.2, 0.25) is 0 Å². The number of benzene rings is 3. The Bertz CT molecular complexity index is 1100. The van der Waals surface area contributed by atoms with E-state index >= 15 is 0 Å². The summed E-state index contributed by atoms with van der Waals surface area (Å²) >= 11 is 0. The molecule has 1 fully saturated rings. The molecular weight excluding hydrogens is 380 g/mol. The summed E-state index contributed by atoms with van der Waals surface area (Å²) in [4.78, 5) is 18.8. The zero-order chi connectivity index (χ0) is 21.4. The van der Waals surface area contributed by atoms with Crippen LogP contribution in [0.4, 0.5) is 0 Å². The Hall–Kier alpha value is -2.75. The zero-order valence-electron chi connectivity index (χ0n) is 18.5. The number of hydrogen-bond donors (Lipinski definition) is 0. The van der Waals surface area contributed by atoms with Gasteiger partial charge in [0.2, 0.25) is 0 Å². The van der Waals surface area contributed by atoms with Gasteiger partial charge < -0.3 is 0 Å². The Kier molecular flexibility index (Phi) is 5.25. The molecule has 0 saturated carbocycles. The van der Waals surface area contributed by atoms with Gasteiger partial charge in [0, 0.05) is 44.7 Å². The first kappa shape index (κ1) is 20.2. The zero-order valence-corrected chi connectivity index (χ0v) is 18.5. The van der Waals surface area contributed by atoms with Crippen LogP contribution in [-0.2, 0) is 18.5 Å². The van der Waals surface area contributed by atoms with Gasteiger partial charge in [-0.2, -0.15) is 0 Å². The standard InChI is InChI=1S/C28H30N2O/c1-21-10-12-23(13-11-21)20-29-14-16-30(17-15-29)28(25-8-5-6-22(2)18-25)19-24-7-3-4-9-26(24)27(28)31/h3-13,18H,14-17,19-20H2,1-2H3. The van der Waals surface area contributed by atoms with Gasteiger partial charge in [0.05, 0.1) is 0 Å². The smallest absolute Gasteiger partial charge is 0.188 e. The van der Waals surface area contributed by atoms with Gasteiger partial charge >= 0.3 is 0 Å². The molecule has 3 aromatic carbocycles. The minimum Gasteiger partial charge on any atom is -0.297 e. The molecule has 31 heavy (non-hydrogen) atoms. The van der Waals surface area contributed by atoms with Crippen LogP contribution in [0.5, 0.6) is 0 Å². The Balaban J connectivity index is 1.42. The third-order valence-corrected chi connectivity index (χ3v) is 7.02.